The van der Waals surface area contributed by atoms with Crippen LogP contribution >= 0.6 is 0 Å². The van der Waals surface area contributed by atoms with Crippen LogP contribution in [0.25, 0.3) is 0 Å². The topological polar surface area (TPSA) is 87.0 Å². The molecule has 0 aliphatic rings. The molecule has 4 N–H and O–H groups in total. The Morgan fingerprint density at radius 2 is 2.10 bits per heavy atom. The number of aryl methyl sites for hydroxylation is 1. The van der Waals surface area contributed by atoms with E-state index in [-0.39, 0.29) is 5.95 Å². The van der Waals surface area contributed by atoms with Crippen LogP contribution in [0.2, 0.25) is 0 Å². The van der Waals surface area contributed by atoms with Gasteiger partial charge in [-0.05, 0) is 13.0 Å². The number of methoxy groups -OCH3 is 1. The molecule has 0 saturated heterocycles. The first kappa shape index (κ1) is 13.7. The van der Waals surface area contributed by atoms with Gasteiger partial charge in [0.1, 0.15) is 11.6 Å². The van der Waals surface area contributed by atoms with Crippen LogP contribution in [0.3, 0.4) is 0 Å². The Morgan fingerprint density at radius 1 is 1.30 bits per heavy atom. The molecule has 0 unspecified atom stereocenters. The number of aromatic nitrogens is 2. The molecule has 1 aromatic heterocycles. The second-order valence-corrected chi connectivity index (χ2v) is 4.32. The molecule has 0 spiro atoms. The molecule has 102 valence electrons. The molecule has 5 heteroatoms. The van der Waals surface area contributed by atoms with Crippen molar-refractivity contribution in [3.63, 3.8) is 0 Å². The lowest BCUT2D eigenvalue weighted by molar-refractivity contribution is 0.411. The first-order chi connectivity index (χ1) is 9.60. The van der Waals surface area contributed by atoms with E-state index in [4.69, 9.17) is 16.2 Å². The molecule has 5 nitrogen and oxygen atoms in total. The molecule has 0 bridgehead atoms. The lowest BCUT2D eigenvalue weighted by Gasteiger charge is -2.06. The molecule has 0 atom stereocenters. The highest BCUT2D eigenvalue weighted by Crippen LogP contribution is 2.19. The lowest BCUT2D eigenvalue weighted by Crippen LogP contribution is -2.01. The zero-order valence-electron chi connectivity index (χ0n) is 11.5. The summed E-state index contributed by atoms with van der Waals surface area (Å²) in [4.78, 5) is 7.74. The molecule has 2 rings (SSSR count). The summed E-state index contributed by atoms with van der Waals surface area (Å²) in [5.41, 5.74) is 13.9. The molecule has 0 fully saturated rings. The van der Waals surface area contributed by atoms with Gasteiger partial charge < -0.3 is 16.2 Å². The largest absolute Gasteiger partial charge is 0.496 e. The van der Waals surface area contributed by atoms with Crippen LogP contribution in [0, 0.1) is 18.8 Å². The maximum absolute atomic E-state index is 5.72. The zero-order chi connectivity index (χ0) is 14.5. The predicted octanol–water partition coefficient (Wildman–Crippen LogP) is 1.55. The smallest absolute Gasteiger partial charge is 0.221 e. The quantitative estimate of drug-likeness (QED) is 0.807. The molecule has 0 aliphatic carbocycles. The maximum atomic E-state index is 5.72. The summed E-state index contributed by atoms with van der Waals surface area (Å²) in [5.74, 6) is 7.26. The van der Waals surface area contributed by atoms with Crippen molar-refractivity contribution in [1.29, 1.82) is 0 Å². The third kappa shape index (κ3) is 3.18. The van der Waals surface area contributed by atoms with E-state index in [0.717, 1.165) is 16.9 Å². The lowest BCUT2D eigenvalue weighted by atomic mass is 10.1. The fourth-order valence-electron chi connectivity index (χ4n) is 1.79. The number of rotatable bonds is 2. The summed E-state index contributed by atoms with van der Waals surface area (Å²) in [7, 11) is 1.65. The molecular formula is C15H16N4O. The van der Waals surface area contributed by atoms with Crippen LogP contribution in [0.1, 0.15) is 16.7 Å². The molecule has 0 saturated carbocycles. The van der Waals surface area contributed by atoms with Crippen molar-refractivity contribution < 1.29 is 4.74 Å². The van der Waals surface area contributed by atoms with E-state index < -0.39 is 0 Å². The minimum atomic E-state index is 0.147. The molecular weight excluding hydrogens is 252 g/mol. The van der Waals surface area contributed by atoms with Gasteiger partial charge in [-0.2, -0.15) is 4.98 Å². The summed E-state index contributed by atoms with van der Waals surface area (Å²) < 4.78 is 5.31. The van der Waals surface area contributed by atoms with Crippen molar-refractivity contribution in [3.8, 4) is 17.6 Å². The third-order valence-corrected chi connectivity index (χ3v) is 2.77. The zero-order valence-corrected chi connectivity index (χ0v) is 11.5. The second kappa shape index (κ2) is 5.93. The summed E-state index contributed by atoms with van der Waals surface area (Å²) in [6, 6.07) is 5.99. The Labute approximate surface area is 118 Å². The van der Waals surface area contributed by atoms with Gasteiger partial charge in [0, 0.05) is 12.0 Å². The Hall–Kier alpha value is -2.74. The monoisotopic (exact) mass is 268 g/mol. The van der Waals surface area contributed by atoms with Crippen LogP contribution < -0.4 is 16.2 Å². The standard InChI is InChI=1S/C15H16N4O/c1-10-6-7-13(20-2)11(8-10)4-3-5-12-9-18-15(17)19-14(12)16/h6-9H,4H2,1-2H3,(H4,16,17,18,19). The summed E-state index contributed by atoms with van der Waals surface area (Å²) in [6.45, 7) is 2.03. The Morgan fingerprint density at radius 3 is 2.80 bits per heavy atom. The summed E-state index contributed by atoms with van der Waals surface area (Å²) >= 11 is 0. The van der Waals surface area contributed by atoms with Crippen LogP contribution in [0.15, 0.2) is 24.4 Å². The molecule has 2 aromatic rings. The van der Waals surface area contributed by atoms with E-state index in [0.29, 0.717) is 17.8 Å². The van der Waals surface area contributed by atoms with E-state index in [1.165, 1.54) is 6.20 Å². The van der Waals surface area contributed by atoms with Gasteiger partial charge in [0.2, 0.25) is 5.95 Å². The highest BCUT2D eigenvalue weighted by Gasteiger charge is 2.02. The molecule has 0 aliphatic heterocycles. The highest BCUT2D eigenvalue weighted by atomic mass is 16.5. The Kier molecular flexibility index (Phi) is 4.06. The molecule has 20 heavy (non-hydrogen) atoms. The van der Waals surface area contributed by atoms with E-state index in [1.807, 2.05) is 19.1 Å². The number of ether oxygens (including phenoxy) is 1. The van der Waals surface area contributed by atoms with E-state index in [2.05, 4.69) is 27.9 Å². The van der Waals surface area contributed by atoms with Gasteiger partial charge >= 0.3 is 0 Å². The predicted molar refractivity (Wildman–Crippen MR) is 79.2 cm³/mol. The fraction of sp³-hybridized carbons (Fsp3) is 0.200. The van der Waals surface area contributed by atoms with Gasteiger partial charge in [0.25, 0.3) is 0 Å². The SMILES string of the molecule is COc1ccc(C)cc1CC#Cc1cnc(N)nc1N. The van der Waals surface area contributed by atoms with Gasteiger partial charge in [-0.15, -0.1) is 0 Å². The normalized spacial score (nSPS) is 9.70. The van der Waals surface area contributed by atoms with E-state index in [9.17, 15) is 0 Å². The first-order valence-electron chi connectivity index (χ1n) is 6.10. The third-order valence-electron chi connectivity index (χ3n) is 2.77. The highest BCUT2D eigenvalue weighted by molar-refractivity contribution is 5.52. The maximum Gasteiger partial charge on any atom is 0.221 e. The number of nitrogens with two attached hydrogens (primary N) is 2. The number of anilines is 2. The summed E-state index contributed by atoms with van der Waals surface area (Å²) in [5, 5.41) is 0. The van der Waals surface area contributed by atoms with Crippen molar-refractivity contribution in [1.82, 2.24) is 9.97 Å². The van der Waals surface area contributed by atoms with Crippen LogP contribution in [0.4, 0.5) is 11.8 Å². The van der Waals surface area contributed by atoms with Gasteiger partial charge in [-0.3, -0.25) is 0 Å². The molecule has 1 heterocycles. The van der Waals surface area contributed by atoms with E-state index >= 15 is 0 Å². The number of hydrogen-bond acceptors (Lipinski definition) is 5. The minimum absolute atomic E-state index is 0.147. The van der Waals surface area contributed by atoms with E-state index in [1.54, 1.807) is 7.11 Å². The van der Waals surface area contributed by atoms with Gasteiger partial charge in [-0.25, -0.2) is 4.98 Å². The second-order valence-electron chi connectivity index (χ2n) is 4.32. The van der Waals surface area contributed by atoms with Crippen LogP contribution in [-0.4, -0.2) is 17.1 Å². The Bertz CT molecular complexity index is 686. The number of hydrogen-bond donors (Lipinski definition) is 2. The Balaban J connectivity index is 2.21. The average molecular weight is 268 g/mol. The minimum Gasteiger partial charge on any atom is -0.496 e. The van der Waals surface area contributed by atoms with Crippen molar-refractivity contribution in [2.45, 2.75) is 13.3 Å². The molecule has 1 aromatic carbocycles. The molecule has 0 radical (unpaired) electrons. The van der Waals surface area contributed by atoms with Gasteiger partial charge in [-0.1, -0.05) is 29.5 Å². The van der Waals surface area contributed by atoms with Crippen LogP contribution in [-0.2, 0) is 6.42 Å². The number of benzene rings is 1. The van der Waals surface area contributed by atoms with Crippen molar-refractivity contribution in [2.75, 3.05) is 18.6 Å². The van der Waals surface area contributed by atoms with Crippen LogP contribution in [0.5, 0.6) is 5.75 Å². The van der Waals surface area contributed by atoms with Gasteiger partial charge in [0.15, 0.2) is 0 Å². The average Bonchev–Trinajstić information content (AvgIpc) is 2.41. The van der Waals surface area contributed by atoms with Crippen molar-refractivity contribution in [3.05, 3.63) is 41.1 Å². The summed E-state index contributed by atoms with van der Waals surface area (Å²) in [6.07, 6.45) is 2.09. The molecule has 0 amide bonds. The number of nitrogens with zero attached hydrogens (tertiary/aromatic N) is 2. The number of nitrogen functional groups attached to an aromatic ring is 2. The van der Waals surface area contributed by atoms with Gasteiger partial charge in [0.05, 0.1) is 18.9 Å². The first-order valence-corrected chi connectivity index (χ1v) is 6.10. The fourth-order valence-corrected chi connectivity index (χ4v) is 1.79. The van der Waals surface area contributed by atoms with Crippen molar-refractivity contribution >= 4 is 11.8 Å². The van der Waals surface area contributed by atoms with Crippen molar-refractivity contribution in [2.24, 2.45) is 0 Å².